The minimum Gasteiger partial charge on any atom is -0.308 e. The van der Waals surface area contributed by atoms with Gasteiger partial charge in [-0.3, -0.25) is 0 Å². The highest BCUT2D eigenvalue weighted by Crippen LogP contribution is 2.47. The molecule has 7 aromatic carbocycles. The third-order valence-corrected chi connectivity index (χ3v) is 10.5. The monoisotopic (exact) mass is 590 g/mol. The third kappa shape index (κ3) is 3.50. The van der Waals surface area contributed by atoms with E-state index in [4.69, 9.17) is 0 Å². The van der Waals surface area contributed by atoms with Gasteiger partial charge in [-0.25, -0.2) is 0 Å². The van der Waals surface area contributed by atoms with Gasteiger partial charge < -0.3 is 9.13 Å². The Bertz CT molecular complexity index is 2750. The Kier molecular flexibility index (Phi) is 5.19. The summed E-state index contributed by atoms with van der Waals surface area (Å²) in [7, 11) is 0. The van der Waals surface area contributed by atoms with Crippen LogP contribution in [0.2, 0.25) is 0 Å². The number of fused-ring (bicyclic) bond motifs is 10. The van der Waals surface area contributed by atoms with Crippen LogP contribution in [0.1, 0.15) is 0 Å². The van der Waals surface area contributed by atoms with Gasteiger partial charge in [0.1, 0.15) is 4.83 Å². The van der Waals surface area contributed by atoms with Gasteiger partial charge in [-0.1, -0.05) is 121 Å². The number of thiophene rings is 1. The number of aromatic nitrogens is 2. The molecule has 3 heterocycles. The number of benzene rings is 7. The fraction of sp³-hybridized carbons (Fsp3) is 0. The summed E-state index contributed by atoms with van der Waals surface area (Å²) in [5.41, 5.74) is 8.59. The highest BCUT2D eigenvalue weighted by atomic mass is 32.1. The van der Waals surface area contributed by atoms with Crippen LogP contribution < -0.4 is 0 Å². The van der Waals surface area contributed by atoms with Gasteiger partial charge in [-0.2, -0.15) is 0 Å². The Hall–Kier alpha value is -5.64. The van der Waals surface area contributed by atoms with Gasteiger partial charge in [0.25, 0.3) is 0 Å². The predicted molar refractivity (Wildman–Crippen MR) is 193 cm³/mol. The molecule has 0 aliphatic carbocycles. The molecule has 0 aliphatic rings. The van der Waals surface area contributed by atoms with Gasteiger partial charge in [0, 0.05) is 38.3 Å². The van der Waals surface area contributed by atoms with Crippen molar-refractivity contribution in [1.29, 1.82) is 0 Å². The van der Waals surface area contributed by atoms with Crippen molar-refractivity contribution in [3.05, 3.63) is 158 Å². The van der Waals surface area contributed by atoms with Gasteiger partial charge in [-0.15, -0.1) is 11.3 Å². The van der Waals surface area contributed by atoms with Gasteiger partial charge >= 0.3 is 0 Å². The maximum Gasteiger partial charge on any atom is 0.109 e. The third-order valence-electron chi connectivity index (χ3n) is 9.31. The van der Waals surface area contributed by atoms with Crippen LogP contribution in [0.15, 0.2) is 158 Å². The largest absolute Gasteiger partial charge is 0.308 e. The van der Waals surface area contributed by atoms with Crippen molar-refractivity contribution in [1.82, 2.24) is 9.13 Å². The SMILES string of the molecule is c1ccc(-n2c3ccccc3c3c4ccc5c6ccccc6n(-c6cccc(-c7cccc8ccccc78)c6)c5c4sc32)cc1. The van der Waals surface area contributed by atoms with E-state index in [1.807, 2.05) is 11.3 Å². The molecule has 3 aromatic heterocycles. The highest BCUT2D eigenvalue weighted by Gasteiger charge is 2.22. The second-order valence-electron chi connectivity index (χ2n) is 11.7. The van der Waals surface area contributed by atoms with Crippen molar-refractivity contribution in [2.45, 2.75) is 0 Å². The first-order valence-corrected chi connectivity index (χ1v) is 16.2. The number of rotatable bonds is 3. The lowest BCUT2D eigenvalue weighted by Gasteiger charge is -2.12. The summed E-state index contributed by atoms with van der Waals surface area (Å²) in [4.78, 5) is 1.28. The molecule has 45 heavy (non-hydrogen) atoms. The molecule has 0 saturated carbocycles. The lowest BCUT2D eigenvalue weighted by molar-refractivity contribution is 1.19. The summed E-state index contributed by atoms with van der Waals surface area (Å²) < 4.78 is 6.25. The number of hydrogen-bond donors (Lipinski definition) is 0. The second-order valence-corrected chi connectivity index (χ2v) is 12.7. The number of nitrogens with zero attached hydrogens (tertiary/aromatic N) is 2. The number of para-hydroxylation sites is 3. The van der Waals surface area contributed by atoms with E-state index < -0.39 is 0 Å². The molecular formula is C42H26N2S. The normalized spacial score (nSPS) is 12.0. The highest BCUT2D eigenvalue weighted by molar-refractivity contribution is 7.26. The summed E-state index contributed by atoms with van der Waals surface area (Å²) in [5.74, 6) is 0. The maximum atomic E-state index is 2.49. The van der Waals surface area contributed by atoms with Crippen LogP contribution in [0.25, 0.3) is 86.3 Å². The molecule has 0 unspecified atom stereocenters. The summed E-state index contributed by atoms with van der Waals surface area (Å²) in [5, 5.41) is 9.03. The van der Waals surface area contributed by atoms with E-state index in [0.29, 0.717) is 0 Å². The molecule has 0 radical (unpaired) electrons. The van der Waals surface area contributed by atoms with E-state index in [1.54, 1.807) is 0 Å². The van der Waals surface area contributed by atoms with Crippen LogP contribution in [-0.2, 0) is 0 Å². The average molecular weight is 591 g/mol. The van der Waals surface area contributed by atoms with Gasteiger partial charge in [-0.05, 0) is 58.3 Å². The molecule has 0 spiro atoms. The molecule has 0 atom stereocenters. The van der Waals surface area contributed by atoms with E-state index in [1.165, 1.54) is 86.3 Å². The van der Waals surface area contributed by atoms with Crippen LogP contribution in [0.4, 0.5) is 0 Å². The molecule has 210 valence electrons. The first-order chi connectivity index (χ1) is 22.3. The minimum atomic E-state index is 1.17. The molecule has 0 saturated heterocycles. The summed E-state index contributed by atoms with van der Waals surface area (Å²) >= 11 is 1.91. The standard InChI is InChI=1S/C42H26N2S/c1-2-15-29(16-3-1)44-38-23-9-7-20-35(38)39-36-25-24-34-33-19-6-8-22-37(33)43(40(34)41(36)45-42(39)44)30-17-10-14-28(26-30)32-21-11-13-27-12-4-5-18-31(27)32/h1-26H. The average Bonchev–Trinajstić information content (AvgIpc) is 3.75. The molecule has 0 amide bonds. The smallest absolute Gasteiger partial charge is 0.109 e. The van der Waals surface area contributed by atoms with Crippen LogP contribution in [0.3, 0.4) is 0 Å². The molecule has 0 bridgehead atoms. The fourth-order valence-electron chi connectivity index (χ4n) is 7.39. The molecule has 0 aliphatic heterocycles. The molecule has 0 fully saturated rings. The number of hydrogen-bond acceptors (Lipinski definition) is 1. The van der Waals surface area contributed by atoms with E-state index in [2.05, 4.69) is 167 Å². The van der Waals surface area contributed by atoms with Crippen LogP contribution >= 0.6 is 11.3 Å². The lowest BCUT2D eigenvalue weighted by Crippen LogP contribution is -1.94. The van der Waals surface area contributed by atoms with Crippen LogP contribution in [-0.4, -0.2) is 9.13 Å². The van der Waals surface area contributed by atoms with E-state index in [9.17, 15) is 0 Å². The summed E-state index contributed by atoms with van der Waals surface area (Å²) in [6.07, 6.45) is 0. The zero-order chi connectivity index (χ0) is 29.5. The van der Waals surface area contributed by atoms with E-state index in [-0.39, 0.29) is 0 Å². The molecule has 2 nitrogen and oxygen atoms in total. The molecule has 3 heteroatoms. The van der Waals surface area contributed by atoms with E-state index in [0.717, 1.165) is 0 Å². The van der Waals surface area contributed by atoms with Gasteiger partial charge in [0.05, 0.1) is 21.3 Å². The van der Waals surface area contributed by atoms with Crippen molar-refractivity contribution in [2.75, 3.05) is 0 Å². The fourth-order valence-corrected chi connectivity index (χ4v) is 8.78. The Balaban J connectivity index is 1.32. The Morgan fingerprint density at radius 3 is 1.93 bits per heavy atom. The second kappa shape index (κ2) is 9.43. The van der Waals surface area contributed by atoms with Crippen LogP contribution in [0.5, 0.6) is 0 Å². The topological polar surface area (TPSA) is 9.86 Å². The maximum absolute atomic E-state index is 2.49. The van der Waals surface area contributed by atoms with Crippen molar-refractivity contribution in [3.8, 4) is 22.5 Å². The summed E-state index contributed by atoms with van der Waals surface area (Å²) in [6.45, 7) is 0. The minimum absolute atomic E-state index is 1.17. The van der Waals surface area contributed by atoms with Gasteiger partial charge in [0.15, 0.2) is 0 Å². The zero-order valence-corrected chi connectivity index (χ0v) is 25.1. The van der Waals surface area contributed by atoms with E-state index >= 15 is 0 Å². The first kappa shape index (κ1) is 24.8. The van der Waals surface area contributed by atoms with Crippen LogP contribution in [0, 0.1) is 0 Å². The quantitative estimate of drug-likeness (QED) is 0.194. The van der Waals surface area contributed by atoms with Crippen molar-refractivity contribution in [2.24, 2.45) is 0 Å². The molecule has 0 N–H and O–H groups in total. The van der Waals surface area contributed by atoms with Crippen molar-refractivity contribution in [3.63, 3.8) is 0 Å². The molecule has 10 rings (SSSR count). The predicted octanol–water partition coefficient (Wildman–Crippen LogP) is 11.9. The van der Waals surface area contributed by atoms with Crippen molar-refractivity contribution >= 4 is 75.1 Å². The lowest BCUT2D eigenvalue weighted by atomic mass is 9.98. The molecular weight excluding hydrogens is 565 g/mol. The Morgan fingerprint density at radius 1 is 0.422 bits per heavy atom. The first-order valence-electron chi connectivity index (χ1n) is 15.4. The van der Waals surface area contributed by atoms with Gasteiger partial charge in [0.2, 0.25) is 0 Å². The molecule has 10 aromatic rings. The Labute approximate surface area is 263 Å². The zero-order valence-electron chi connectivity index (χ0n) is 24.3. The van der Waals surface area contributed by atoms with Crippen molar-refractivity contribution < 1.29 is 0 Å². The summed E-state index contributed by atoms with van der Waals surface area (Å²) in [6, 6.07) is 57.4. The Morgan fingerprint density at radius 2 is 1.07 bits per heavy atom.